The lowest BCUT2D eigenvalue weighted by atomic mass is 10.2. The number of hydrogen-bond donors (Lipinski definition) is 4. The number of alkyl halides is 3. The maximum absolute atomic E-state index is 13.4. The number of nitrogens with zero attached hydrogens (tertiary/aromatic N) is 3. The van der Waals surface area contributed by atoms with Gasteiger partial charge in [0.15, 0.2) is 0 Å². The molecular weight excluding hydrogens is 528 g/mol. The van der Waals surface area contributed by atoms with E-state index in [0.29, 0.717) is 28.7 Å². The lowest BCUT2D eigenvalue weighted by molar-refractivity contribution is -0.139. The predicted molar refractivity (Wildman–Crippen MR) is 125 cm³/mol. The first-order valence-electron chi connectivity index (χ1n) is 10.4. The molecule has 3 rings (SSSR count). The number of carbonyl (C=O) groups is 1. The summed E-state index contributed by atoms with van der Waals surface area (Å²) >= 11 is 7.26. The Morgan fingerprint density at radius 3 is 2.78 bits per heavy atom. The van der Waals surface area contributed by atoms with E-state index in [1.54, 1.807) is 6.92 Å². The van der Waals surface area contributed by atoms with E-state index in [9.17, 15) is 22.4 Å². The molecular formula is C21H21ClF4N6O3S. The number of anilines is 2. The molecule has 0 spiro atoms. The van der Waals surface area contributed by atoms with Crippen LogP contribution in [0, 0.1) is 5.82 Å². The van der Waals surface area contributed by atoms with Crippen LogP contribution in [0.3, 0.4) is 0 Å². The van der Waals surface area contributed by atoms with Crippen LogP contribution in [0.4, 0.5) is 29.1 Å². The van der Waals surface area contributed by atoms with Gasteiger partial charge in [-0.05, 0) is 25.1 Å². The molecule has 0 fully saturated rings. The van der Waals surface area contributed by atoms with E-state index in [-0.39, 0.29) is 48.1 Å². The molecule has 4 N–H and O–H groups in total. The highest BCUT2D eigenvalue weighted by atomic mass is 35.5. The van der Waals surface area contributed by atoms with Crippen molar-refractivity contribution in [3.63, 3.8) is 0 Å². The largest absolute Gasteiger partial charge is 0.419 e. The van der Waals surface area contributed by atoms with Crippen molar-refractivity contribution in [1.29, 1.82) is 0 Å². The summed E-state index contributed by atoms with van der Waals surface area (Å²) in [4.78, 5) is 24.8. The monoisotopic (exact) mass is 548 g/mol. The van der Waals surface area contributed by atoms with E-state index in [0.717, 1.165) is 17.4 Å². The number of nitrogens with one attached hydrogen (secondary N) is 3. The molecule has 2 heterocycles. The molecule has 36 heavy (non-hydrogen) atoms. The second-order valence-corrected chi connectivity index (χ2v) is 8.70. The summed E-state index contributed by atoms with van der Waals surface area (Å²) in [6.07, 6.45) is -2.27. The van der Waals surface area contributed by atoms with Gasteiger partial charge in [-0.3, -0.25) is 10.1 Å². The molecule has 0 aliphatic carbocycles. The maximum Gasteiger partial charge on any atom is 0.419 e. The van der Waals surface area contributed by atoms with Gasteiger partial charge in [0, 0.05) is 12.2 Å². The fraction of sp³-hybridized carbons (Fsp3) is 0.333. The first-order chi connectivity index (χ1) is 17.1. The summed E-state index contributed by atoms with van der Waals surface area (Å²) in [6, 6.07) is 1.90. The molecule has 1 atom stereocenters. The van der Waals surface area contributed by atoms with E-state index in [1.165, 1.54) is 12.5 Å². The van der Waals surface area contributed by atoms with E-state index in [4.69, 9.17) is 21.4 Å². The minimum absolute atomic E-state index is 0.0813. The smallest absolute Gasteiger partial charge is 0.395 e. The molecule has 0 saturated heterocycles. The number of aliphatic hydroxyl groups excluding tert-OH is 1. The van der Waals surface area contributed by atoms with Crippen LogP contribution in [0.25, 0.3) is 0 Å². The highest BCUT2D eigenvalue weighted by Crippen LogP contribution is 2.33. The summed E-state index contributed by atoms with van der Waals surface area (Å²) in [6.45, 7) is 2.16. The highest BCUT2D eigenvalue weighted by molar-refractivity contribution is 7.13. The van der Waals surface area contributed by atoms with E-state index in [2.05, 4.69) is 30.9 Å². The van der Waals surface area contributed by atoms with Crippen LogP contribution in [-0.4, -0.2) is 45.8 Å². The first-order valence-corrected chi connectivity index (χ1v) is 11.6. The van der Waals surface area contributed by atoms with E-state index >= 15 is 0 Å². The minimum Gasteiger partial charge on any atom is -0.395 e. The number of aromatic nitrogens is 3. The highest BCUT2D eigenvalue weighted by Gasteiger charge is 2.34. The van der Waals surface area contributed by atoms with Crippen LogP contribution < -0.4 is 16.0 Å². The number of carbonyl (C=O) groups excluding carboxylic acids is 1. The van der Waals surface area contributed by atoms with Crippen molar-refractivity contribution in [3.8, 4) is 0 Å². The number of hydrogen-bond acceptors (Lipinski definition) is 9. The van der Waals surface area contributed by atoms with E-state index < -0.39 is 23.5 Å². The quantitative estimate of drug-likeness (QED) is 0.160. The summed E-state index contributed by atoms with van der Waals surface area (Å²) in [5.41, 5.74) is -1.21. The van der Waals surface area contributed by atoms with Crippen molar-refractivity contribution >= 4 is 40.4 Å². The number of aliphatic hydroxyl groups is 1. The number of amides is 1. The first kappa shape index (κ1) is 27.7. The van der Waals surface area contributed by atoms with Gasteiger partial charge in [0.1, 0.15) is 32.9 Å². The average molecular weight is 549 g/mol. The lowest BCUT2D eigenvalue weighted by Crippen LogP contribution is -2.22. The molecule has 0 radical (unpaired) electrons. The van der Waals surface area contributed by atoms with Gasteiger partial charge in [-0.15, -0.1) is 11.3 Å². The number of halogens is 5. The lowest BCUT2D eigenvalue weighted by Gasteiger charge is -2.13. The zero-order valence-corrected chi connectivity index (χ0v) is 20.3. The molecule has 0 bridgehead atoms. The zero-order valence-electron chi connectivity index (χ0n) is 18.7. The van der Waals surface area contributed by atoms with Crippen molar-refractivity contribution in [2.24, 2.45) is 0 Å². The third-order valence-corrected chi connectivity index (χ3v) is 6.22. The fourth-order valence-electron chi connectivity index (χ4n) is 2.83. The normalized spacial score (nSPS) is 12.4. The molecule has 15 heteroatoms. The summed E-state index contributed by atoms with van der Waals surface area (Å²) in [5.74, 6) is -1.72. The van der Waals surface area contributed by atoms with Crippen molar-refractivity contribution in [2.75, 3.05) is 30.5 Å². The van der Waals surface area contributed by atoms with Crippen LogP contribution in [0.5, 0.6) is 0 Å². The van der Waals surface area contributed by atoms with Gasteiger partial charge in [-0.2, -0.15) is 13.2 Å². The van der Waals surface area contributed by atoms with Crippen molar-refractivity contribution in [3.05, 3.63) is 62.7 Å². The summed E-state index contributed by atoms with van der Waals surface area (Å²) < 4.78 is 57.6. The Bertz CT molecular complexity index is 1200. The van der Waals surface area contributed by atoms with Gasteiger partial charge in [0.2, 0.25) is 0 Å². The number of thiazole rings is 1. The van der Waals surface area contributed by atoms with E-state index in [1.807, 2.05) is 0 Å². The Balaban J connectivity index is 1.52. The molecule has 0 saturated carbocycles. The zero-order chi connectivity index (χ0) is 26.3. The summed E-state index contributed by atoms with van der Waals surface area (Å²) in [5, 5.41) is 17.9. The molecule has 1 unspecified atom stereocenters. The van der Waals surface area contributed by atoms with Gasteiger partial charge in [0.05, 0.1) is 43.4 Å². The Hall–Kier alpha value is -2.91. The molecule has 1 aromatic carbocycles. The van der Waals surface area contributed by atoms with Crippen LogP contribution in [-0.2, 0) is 17.5 Å². The standard InChI is InChI=1S/C21H21ClF4N6O3S/c1-11(31-10-35-8-15-17(22)18(27-4-5-33)30-9-29-15)20-28-7-16(36-20)19(34)32-12-2-3-14(23)13(6-12)21(24,25)26/h2-3,6-7,9,11,31,33H,4-5,8,10H2,1H3,(H,32,34)(H,27,29,30). The van der Waals surface area contributed by atoms with Crippen LogP contribution in [0.15, 0.2) is 30.7 Å². The Labute approximate surface area is 211 Å². The summed E-state index contributed by atoms with van der Waals surface area (Å²) in [7, 11) is 0. The molecule has 1 amide bonds. The van der Waals surface area contributed by atoms with Crippen LogP contribution in [0.1, 0.15) is 38.9 Å². The fourth-order valence-corrected chi connectivity index (χ4v) is 3.89. The van der Waals surface area contributed by atoms with Crippen molar-refractivity contribution in [2.45, 2.75) is 25.7 Å². The van der Waals surface area contributed by atoms with Gasteiger partial charge in [-0.1, -0.05) is 11.6 Å². The minimum atomic E-state index is -4.89. The third-order valence-electron chi connectivity index (χ3n) is 4.64. The molecule has 2 aromatic heterocycles. The Morgan fingerprint density at radius 1 is 1.28 bits per heavy atom. The Morgan fingerprint density at radius 2 is 2.06 bits per heavy atom. The van der Waals surface area contributed by atoms with Crippen LogP contribution in [0.2, 0.25) is 5.02 Å². The van der Waals surface area contributed by atoms with Gasteiger partial charge in [0.25, 0.3) is 5.91 Å². The van der Waals surface area contributed by atoms with Crippen LogP contribution >= 0.6 is 22.9 Å². The predicted octanol–water partition coefficient (Wildman–Crippen LogP) is 4.23. The molecule has 194 valence electrons. The number of benzene rings is 1. The number of rotatable bonds is 11. The van der Waals surface area contributed by atoms with Gasteiger partial charge in [-0.25, -0.2) is 19.3 Å². The van der Waals surface area contributed by atoms with Crippen molar-refractivity contribution < 1.29 is 32.2 Å². The average Bonchev–Trinajstić information content (AvgIpc) is 3.33. The molecule has 9 nitrogen and oxygen atoms in total. The number of ether oxygens (including phenoxy) is 1. The SMILES string of the molecule is CC(NCOCc1ncnc(NCCO)c1Cl)c1ncc(C(=O)Nc2ccc(F)c(C(F)(F)F)c2)s1. The topological polar surface area (TPSA) is 121 Å². The third kappa shape index (κ3) is 7.30. The maximum atomic E-state index is 13.4. The Kier molecular flexibility index (Phi) is 9.50. The second-order valence-electron chi connectivity index (χ2n) is 7.26. The molecule has 3 aromatic rings. The molecule has 0 aliphatic rings. The molecule has 0 aliphatic heterocycles. The van der Waals surface area contributed by atoms with Gasteiger partial charge < -0.3 is 20.5 Å². The second kappa shape index (κ2) is 12.4. The van der Waals surface area contributed by atoms with Gasteiger partial charge >= 0.3 is 6.18 Å². The van der Waals surface area contributed by atoms with Crippen molar-refractivity contribution in [1.82, 2.24) is 20.3 Å².